The predicted molar refractivity (Wildman–Crippen MR) is 94.4 cm³/mol. The SMILES string of the molecule is C[C@@H]1CN(CCCNC(=O)NCc2ccc(OC(F)F)cc2)C[C@@H](C)O1. The van der Waals surface area contributed by atoms with Crippen LogP contribution in [0.2, 0.25) is 0 Å². The van der Waals surface area contributed by atoms with Crippen LogP contribution >= 0.6 is 0 Å². The summed E-state index contributed by atoms with van der Waals surface area (Å²) in [6, 6.07) is 5.93. The number of morpholine rings is 1. The average Bonchev–Trinajstić information content (AvgIpc) is 2.57. The van der Waals surface area contributed by atoms with E-state index in [1.807, 2.05) is 0 Å². The molecular weight excluding hydrogens is 344 g/mol. The maximum atomic E-state index is 12.1. The molecule has 0 radical (unpaired) electrons. The number of amides is 2. The number of rotatable bonds is 8. The average molecular weight is 371 g/mol. The summed E-state index contributed by atoms with van der Waals surface area (Å²) < 4.78 is 34.1. The van der Waals surface area contributed by atoms with Crippen LogP contribution in [0, 0.1) is 0 Å². The molecule has 0 unspecified atom stereocenters. The number of alkyl halides is 2. The van der Waals surface area contributed by atoms with Gasteiger partial charge in [-0.1, -0.05) is 12.1 Å². The van der Waals surface area contributed by atoms with Crippen LogP contribution in [0.15, 0.2) is 24.3 Å². The fourth-order valence-electron chi connectivity index (χ4n) is 3.01. The first-order valence-corrected chi connectivity index (χ1v) is 8.85. The lowest BCUT2D eigenvalue weighted by Gasteiger charge is -2.35. The van der Waals surface area contributed by atoms with E-state index < -0.39 is 6.61 Å². The van der Waals surface area contributed by atoms with Gasteiger partial charge in [0.25, 0.3) is 0 Å². The zero-order valence-corrected chi connectivity index (χ0v) is 15.2. The van der Waals surface area contributed by atoms with Crippen LogP contribution in [0.25, 0.3) is 0 Å². The molecule has 1 aliphatic heterocycles. The van der Waals surface area contributed by atoms with Crippen molar-refractivity contribution in [3.63, 3.8) is 0 Å². The molecule has 0 saturated carbocycles. The van der Waals surface area contributed by atoms with Crippen LogP contribution in [-0.2, 0) is 11.3 Å². The minimum atomic E-state index is -2.84. The van der Waals surface area contributed by atoms with Crippen LogP contribution in [0.3, 0.4) is 0 Å². The smallest absolute Gasteiger partial charge is 0.387 e. The molecule has 1 aliphatic rings. The van der Waals surface area contributed by atoms with E-state index in [2.05, 4.69) is 34.1 Å². The molecule has 8 heteroatoms. The second kappa shape index (κ2) is 10.3. The zero-order chi connectivity index (χ0) is 18.9. The molecule has 2 N–H and O–H groups in total. The summed E-state index contributed by atoms with van der Waals surface area (Å²) in [5.74, 6) is 0.0972. The number of carbonyl (C=O) groups excluding carboxylic acids is 1. The van der Waals surface area contributed by atoms with Crippen molar-refractivity contribution in [1.29, 1.82) is 0 Å². The van der Waals surface area contributed by atoms with Gasteiger partial charge in [0.1, 0.15) is 5.75 Å². The molecule has 6 nitrogen and oxygen atoms in total. The fraction of sp³-hybridized carbons (Fsp3) is 0.611. The van der Waals surface area contributed by atoms with Gasteiger partial charge in [-0.2, -0.15) is 8.78 Å². The molecule has 1 aromatic carbocycles. The third-order valence-electron chi connectivity index (χ3n) is 4.03. The fourth-order valence-corrected chi connectivity index (χ4v) is 3.01. The second-order valence-corrected chi connectivity index (χ2v) is 6.50. The standard InChI is InChI=1S/C18H27F2N3O3/c1-13-11-23(12-14(2)25-13)9-3-8-21-18(24)22-10-15-4-6-16(7-5-15)26-17(19)20/h4-7,13-14,17H,3,8-12H2,1-2H3,(H2,21,22,24)/t13-,14-/m1/s1. The Morgan fingerprint density at radius 2 is 1.88 bits per heavy atom. The monoisotopic (exact) mass is 371 g/mol. The molecule has 0 aromatic heterocycles. The molecule has 2 amide bonds. The maximum absolute atomic E-state index is 12.1. The lowest BCUT2D eigenvalue weighted by Crippen LogP contribution is -2.46. The first-order valence-electron chi connectivity index (χ1n) is 8.85. The van der Waals surface area contributed by atoms with Gasteiger partial charge >= 0.3 is 12.6 Å². The predicted octanol–water partition coefficient (Wildman–Crippen LogP) is 2.59. The largest absolute Gasteiger partial charge is 0.435 e. The van der Waals surface area contributed by atoms with Gasteiger partial charge in [-0.25, -0.2) is 4.79 Å². The summed E-state index contributed by atoms with van der Waals surface area (Å²) >= 11 is 0. The van der Waals surface area contributed by atoms with Gasteiger partial charge in [-0.15, -0.1) is 0 Å². The highest BCUT2D eigenvalue weighted by Gasteiger charge is 2.21. The summed E-state index contributed by atoms with van der Waals surface area (Å²) in [5.41, 5.74) is 0.804. The highest BCUT2D eigenvalue weighted by atomic mass is 19.3. The Bertz CT molecular complexity index is 547. The summed E-state index contributed by atoms with van der Waals surface area (Å²) in [4.78, 5) is 14.2. The molecule has 2 atom stereocenters. The third kappa shape index (κ3) is 7.53. The van der Waals surface area contributed by atoms with Gasteiger partial charge in [0.05, 0.1) is 12.2 Å². The summed E-state index contributed by atoms with van der Waals surface area (Å²) in [6.07, 6.45) is 1.35. The highest BCUT2D eigenvalue weighted by molar-refractivity contribution is 5.73. The number of nitrogens with zero attached hydrogens (tertiary/aromatic N) is 1. The molecule has 0 spiro atoms. The number of ether oxygens (including phenoxy) is 2. The van der Waals surface area contributed by atoms with Crippen molar-refractivity contribution >= 4 is 6.03 Å². The van der Waals surface area contributed by atoms with Gasteiger partial charge in [0.15, 0.2) is 0 Å². The number of benzene rings is 1. The molecule has 1 saturated heterocycles. The number of urea groups is 1. The Kier molecular flexibility index (Phi) is 8.06. The maximum Gasteiger partial charge on any atom is 0.387 e. The minimum Gasteiger partial charge on any atom is -0.435 e. The molecule has 26 heavy (non-hydrogen) atoms. The van der Waals surface area contributed by atoms with Gasteiger partial charge in [-0.3, -0.25) is 4.90 Å². The van der Waals surface area contributed by atoms with Crippen molar-refractivity contribution < 1.29 is 23.0 Å². The van der Waals surface area contributed by atoms with E-state index in [4.69, 9.17) is 4.74 Å². The van der Waals surface area contributed by atoms with E-state index in [1.54, 1.807) is 12.1 Å². The van der Waals surface area contributed by atoms with Gasteiger partial charge in [-0.05, 0) is 38.0 Å². The zero-order valence-electron chi connectivity index (χ0n) is 15.2. The Balaban J connectivity index is 1.59. The molecule has 0 aliphatic carbocycles. The molecule has 1 aromatic rings. The number of nitrogens with one attached hydrogen (secondary N) is 2. The van der Waals surface area contributed by atoms with Crippen LogP contribution in [0.4, 0.5) is 13.6 Å². The van der Waals surface area contributed by atoms with Crippen molar-refractivity contribution in [2.24, 2.45) is 0 Å². The van der Waals surface area contributed by atoms with Gasteiger partial charge < -0.3 is 20.1 Å². The molecule has 2 rings (SSSR count). The third-order valence-corrected chi connectivity index (χ3v) is 4.03. The molecule has 0 bridgehead atoms. The van der Waals surface area contributed by atoms with Crippen molar-refractivity contribution in [2.75, 3.05) is 26.2 Å². The summed E-state index contributed by atoms with van der Waals surface area (Å²) in [5, 5.41) is 5.56. The topological polar surface area (TPSA) is 62.8 Å². The molecule has 1 fully saturated rings. The van der Waals surface area contributed by atoms with Crippen LogP contribution in [0.1, 0.15) is 25.8 Å². The van der Waals surface area contributed by atoms with Gasteiger partial charge in [0.2, 0.25) is 0 Å². The van der Waals surface area contributed by atoms with Crippen molar-refractivity contribution in [1.82, 2.24) is 15.5 Å². The number of carbonyl (C=O) groups is 1. The minimum absolute atomic E-state index is 0.0972. The molecule has 146 valence electrons. The van der Waals surface area contributed by atoms with Gasteiger partial charge in [0, 0.05) is 32.7 Å². The van der Waals surface area contributed by atoms with E-state index >= 15 is 0 Å². The second-order valence-electron chi connectivity index (χ2n) is 6.50. The van der Waals surface area contributed by atoms with E-state index in [1.165, 1.54) is 12.1 Å². The van der Waals surface area contributed by atoms with Crippen LogP contribution < -0.4 is 15.4 Å². The van der Waals surface area contributed by atoms with Crippen molar-refractivity contribution in [3.05, 3.63) is 29.8 Å². The first-order chi connectivity index (χ1) is 12.4. The van der Waals surface area contributed by atoms with Crippen molar-refractivity contribution in [3.8, 4) is 5.75 Å². The number of halogens is 2. The van der Waals surface area contributed by atoms with E-state index in [0.29, 0.717) is 13.1 Å². The highest BCUT2D eigenvalue weighted by Crippen LogP contribution is 2.14. The van der Waals surface area contributed by atoms with Crippen LogP contribution in [0.5, 0.6) is 5.75 Å². The summed E-state index contributed by atoms with van der Waals surface area (Å²) in [6.45, 7) is 4.97. The summed E-state index contributed by atoms with van der Waals surface area (Å²) in [7, 11) is 0. The molecular formula is C18H27F2N3O3. The lowest BCUT2D eigenvalue weighted by molar-refractivity contribution is -0.0679. The Morgan fingerprint density at radius 3 is 2.50 bits per heavy atom. The van der Waals surface area contributed by atoms with E-state index in [0.717, 1.165) is 31.6 Å². The normalized spacial score (nSPS) is 20.8. The molecule has 1 heterocycles. The van der Waals surface area contributed by atoms with E-state index in [-0.39, 0.29) is 24.0 Å². The Morgan fingerprint density at radius 1 is 1.23 bits per heavy atom. The Labute approximate surface area is 152 Å². The lowest BCUT2D eigenvalue weighted by atomic mass is 10.2. The Hall–Kier alpha value is -1.93. The number of hydrogen-bond acceptors (Lipinski definition) is 4. The van der Waals surface area contributed by atoms with E-state index in [9.17, 15) is 13.6 Å². The number of hydrogen-bond donors (Lipinski definition) is 2. The quantitative estimate of drug-likeness (QED) is 0.690. The first kappa shape index (κ1) is 20.4. The van der Waals surface area contributed by atoms with Crippen molar-refractivity contribution in [2.45, 2.75) is 45.6 Å². The van der Waals surface area contributed by atoms with Crippen LogP contribution in [-0.4, -0.2) is 55.9 Å².